The smallest absolute Gasteiger partial charge is 0.280 e. The van der Waals surface area contributed by atoms with Gasteiger partial charge in [0.05, 0.1) is 30.5 Å². The molecule has 1 fully saturated rings. The third-order valence-electron chi connectivity index (χ3n) is 5.20. The Bertz CT molecular complexity index is 996. The number of benzene rings is 1. The molecule has 1 aliphatic heterocycles. The number of ether oxygens (including phenoxy) is 2. The average molecular weight is 430 g/mol. The second-order valence-corrected chi connectivity index (χ2v) is 8.16. The maximum Gasteiger partial charge on any atom is 0.280 e. The maximum absolute atomic E-state index is 13.3. The molecule has 9 heteroatoms. The molecule has 0 bridgehead atoms. The van der Waals surface area contributed by atoms with E-state index < -0.39 is 0 Å². The summed E-state index contributed by atoms with van der Waals surface area (Å²) >= 11 is 1.52. The van der Waals surface area contributed by atoms with Crippen LogP contribution >= 0.6 is 11.3 Å². The number of carbonyl (C=O) groups is 1. The van der Waals surface area contributed by atoms with E-state index in [4.69, 9.17) is 14.5 Å². The van der Waals surface area contributed by atoms with Crippen molar-refractivity contribution in [2.45, 2.75) is 19.9 Å². The number of rotatable bonds is 8. The zero-order valence-electron chi connectivity index (χ0n) is 17.4. The molecule has 0 N–H and O–H groups in total. The van der Waals surface area contributed by atoms with Crippen LogP contribution in [-0.4, -0.2) is 72.1 Å². The summed E-state index contributed by atoms with van der Waals surface area (Å²) in [4.78, 5) is 22.2. The number of fused-ring (bicyclic) bond motifs is 1. The molecule has 3 heterocycles. The van der Waals surface area contributed by atoms with Crippen molar-refractivity contribution in [3.63, 3.8) is 0 Å². The highest BCUT2D eigenvalue weighted by Gasteiger charge is 2.23. The molecule has 30 heavy (non-hydrogen) atoms. The van der Waals surface area contributed by atoms with E-state index in [1.54, 1.807) is 22.8 Å². The number of hydrogen-bond donors (Lipinski definition) is 0. The topological polar surface area (TPSA) is 72.7 Å². The van der Waals surface area contributed by atoms with Crippen molar-refractivity contribution in [1.29, 1.82) is 0 Å². The van der Waals surface area contributed by atoms with E-state index in [-0.39, 0.29) is 5.91 Å². The number of nitrogens with zero attached hydrogens (tertiary/aromatic N) is 5. The molecule has 0 aliphatic carbocycles. The lowest BCUT2D eigenvalue weighted by atomic mass is 10.3. The second kappa shape index (κ2) is 9.55. The molecule has 0 spiro atoms. The summed E-state index contributed by atoms with van der Waals surface area (Å²) in [5.41, 5.74) is 1.28. The maximum atomic E-state index is 13.3. The fraction of sp³-hybridized carbons (Fsp3) is 0.476. The number of thiazole rings is 1. The number of aryl methyl sites for hydroxylation is 1. The van der Waals surface area contributed by atoms with Crippen LogP contribution in [0.4, 0.5) is 5.13 Å². The van der Waals surface area contributed by atoms with Gasteiger partial charge >= 0.3 is 0 Å². The number of aromatic nitrogens is 3. The van der Waals surface area contributed by atoms with Gasteiger partial charge in [0.25, 0.3) is 5.91 Å². The number of anilines is 1. The Morgan fingerprint density at radius 2 is 2.13 bits per heavy atom. The monoisotopic (exact) mass is 429 g/mol. The van der Waals surface area contributed by atoms with Gasteiger partial charge in [-0.05, 0) is 31.5 Å². The van der Waals surface area contributed by atoms with Crippen LogP contribution in [0.3, 0.4) is 0 Å². The van der Waals surface area contributed by atoms with Crippen LogP contribution in [0.25, 0.3) is 10.2 Å². The van der Waals surface area contributed by atoms with Crippen molar-refractivity contribution in [2.24, 2.45) is 0 Å². The van der Waals surface area contributed by atoms with Crippen molar-refractivity contribution in [3.05, 3.63) is 36.2 Å². The van der Waals surface area contributed by atoms with E-state index >= 15 is 0 Å². The predicted molar refractivity (Wildman–Crippen MR) is 118 cm³/mol. The molecule has 160 valence electrons. The van der Waals surface area contributed by atoms with Crippen LogP contribution in [0.2, 0.25) is 0 Å². The molecule has 1 amide bonds. The lowest BCUT2D eigenvalue weighted by Crippen LogP contribution is -2.39. The Morgan fingerprint density at radius 3 is 2.87 bits per heavy atom. The molecule has 1 aromatic carbocycles. The third-order valence-corrected chi connectivity index (χ3v) is 6.26. The van der Waals surface area contributed by atoms with Crippen molar-refractivity contribution < 1.29 is 14.3 Å². The highest BCUT2D eigenvalue weighted by atomic mass is 32.1. The van der Waals surface area contributed by atoms with E-state index in [1.807, 2.05) is 31.3 Å². The van der Waals surface area contributed by atoms with E-state index in [0.717, 1.165) is 61.8 Å². The molecular weight excluding hydrogens is 402 g/mol. The minimum atomic E-state index is -0.116. The summed E-state index contributed by atoms with van der Waals surface area (Å²) in [6.45, 7) is 7.67. The Balaban J connectivity index is 1.56. The van der Waals surface area contributed by atoms with Crippen LogP contribution in [-0.2, 0) is 11.3 Å². The Labute approximate surface area is 180 Å². The molecule has 0 radical (unpaired) electrons. The summed E-state index contributed by atoms with van der Waals surface area (Å²) in [6, 6.07) is 7.57. The Hall–Kier alpha value is -2.49. The SMILES string of the molecule is CCn1ccc(C(=O)N(CCCN2CCOCC2)c2nc3cc(OC)ccc3s2)n1. The molecule has 8 nitrogen and oxygen atoms in total. The highest BCUT2D eigenvalue weighted by molar-refractivity contribution is 7.22. The lowest BCUT2D eigenvalue weighted by Gasteiger charge is -2.27. The average Bonchev–Trinajstić information content (AvgIpc) is 3.43. The van der Waals surface area contributed by atoms with Crippen molar-refractivity contribution >= 4 is 32.6 Å². The molecule has 0 saturated carbocycles. The normalized spacial score (nSPS) is 14.9. The van der Waals surface area contributed by atoms with Gasteiger partial charge in [-0.3, -0.25) is 19.3 Å². The molecule has 2 aromatic heterocycles. The molecule has 1 saturated heterocycles. The highest BCUT2D eigenvalue weighted by Crippen LogP contribution is 2.32. The fourth-order valence-corrected chi connectivity index (χ4v) is 4.46. The summed E-state index contributed by atoms with van der Waals surface area (Å²) in [5, 5.41) is 5.10. The van der Waals surface area contributed by atoms with Crippen molar-refractivity contribution in [1.82, 2.24) is 19.7 Å². The summed E-state index contributed by atoms with van der Waals surface area (Å²) in [6.07, 6.45) is 2.70. The molecule has 4 rings (SSSR count). The molecule has 1 aliphatic rings. The zero-order valence-corrected chi connectivity index (χ0v) is 18.2. The van der Waals surface area contributed by atoms with E-state index in [2.05, 4.69) is 10.00 Å². The first kappa shape index (κ1) is 20.8. The van der Waals surface area contributed by atoms with E-state index in [0.29, 0.717) is 17.4 Å². The van der Waals surface area contributed by atoms with Crippen LogP contribution in [0.15, 0.2) is 30.5 Å². The quantitative estimate of drug-likeness (QED) is 0.548. The van der Waals surface area contributed by atoms with Gasteiger partial charge in [0.15, 0.2) is 10.8 Å². The first-order valence-corrected chi connectivity index (χ1v) is 11.1. The molecule has 0 unspecified atom stereocenters. The van der Waals surface area contributed by atoms with Gasteiger partial charge in [0, 0.05) is 45.0 Å². The second-order valence-electron chi connectivity index (χ2n) is 7.15. The molecule has 3 aromatic rings. The largest absolute Gasteiger partial charge is 0.497 e. The first-order valence-electron chi connectivity index (χ1n) is 10.3. The van der Waals surface area contributed by atoms with E-state index in [9.17, 15) is 4.79 Å². The Kier molecular flexibility index (Phi) is 6.61. The number of carbonyl (C=O) groups excluding carboxylic acids is 1. The van der Waals surface area contributed by atoms with Gasteiger partial charge < -0.3 is 9.47 Å². The zero-order chi connectivity index (χ0) is 20.9. The Morgan fingerprint density at radius 1 is 1.30 bits per heavy atom. The van der Waals surface area contributed by atoms with Gasteiger partial charge in [-0.25, -0.2) is 4.98 Å². The summed E-state index contributed by atoms with van der Waals surface area (Å²) in [5.74, 6) is 0.640. The molecular formula is C21H27N5O3S. The van der Waals surface area contributed by atoms with Crippen molar-refractivity contribution in [3.8, 4) is 5.75 Å². The van der Waals surface area contributed by atoms with Gasteiger partial charge in [-0.15, -0.1) is 0 Å². The van der Waals surface area contributed by atoms with Gasteiger partial charge in [0.2, 0.25) is 0 Å². The van der Waals surface area contributed by atoms with Gasteiger partial charge in [-0.1, -0.05) is 11.3 Å². The fourth-order valence-electron chi connectivity index (χ4n) is 3.49. The summed E-state index contributed by atoms with van der Waals surface area (Å²) < 4.78 is 13.5. The number of amides is 1. The van der Waals surface area contributed by atoms with Gasteiger partial charge in [-0.2, -0.15) is 5.10 Å². The first-order chi connectivity index (χ1) is 14.7. The van der Waals surface area contributed by atoms with Crippen LogP contribution < -0.4 is 9.64 Å². The van der Waals surface area contributed by atoms with Crippen LogP contribution in [0, 0.1) is 0 Å². The number of methoxy groups -OCH3 is 1. The summed E-state index contributed by atoms with van der Waals surface area (Å²) in [7, 11) is 1.64. The number of hydrogen-bond acceptors (Lipinski definition) is 7. The standard InChI is InChI=1S/C21H27N5O3S/c1-3-25-10-7-17(23-25)20(27)26(9-4-8-24-11-13-29-14-12-24)21-22-18-15-16(28-2)5-6-19(18)30-21/h5-7,10,15H,3-4,8-9,11-14H2,1-2H3. The lowest BCUT2D eigenvalue weighted by molar-refractivity contribution is 0.0376. The minimum absolute atomic E-state index is 0.116. The van der Waals surface area contributed by atoms with E-state index in [1.165, 1.54) is 11.3 Å². The predicted octanol–water partition coefficient (Wildman–Crippen LogP) is 2.89. The van der Waals surface area contributed by atoms with Crippen LogP contribution in [0.1, 0.15) is 23.8 Å². The third kappa shape index (κ3) is 4.63. The van der Waals surface area contributed by atoms with Crippen LogP contribution in [0.5, 0.6) is 5.75 Å². The number of morpholine rings is 1. The minimum Gasteiger partial charge on any atom is -0.497 e. The van der Waals surface area contributed by atoms with Crippen molar-refractivity contribution in [2.75, 3.05) is 51.4 Å². The molecule has 0 atom stereocenters. The van der Waals surface area contributed by atoms with Gasteiger partial charge in [0.1, 0.15) is 5.75 Å².